The van der Waals surface area contributed by atoms with E-state index in [0.717, 1.165) is 31.6 Å². The molecule has 0 aromatic carbocycles. The van der Waals surface area contributed by atoms with E-state index in [2.05, 4.69) is 28.2 Å². The van der Waals surface area contributed by atoms with Crippen molar-refractivity contribution in [1.82, 2.24) is 26.2 Å². The SMILES string of the molecule is CC.CC(NC(=O)NC(C(=O)N1CC(C(C)C)C[C@H]1C(=O)NC(CC1CC1)C(=O)C(=O)NCCC(=O)OC(C)(C)C)C(C)(C)C)C(=O)OCC1CC1.CC1CC1. The lowest BCUT2D eigenvalue weighted by Crippen LogP contribution is -2.60. The molecule has 4 rings (SSSR count). The highest BCUT2D eigenvalue weighted by Gasteiger charge is 2.46. The van der Waals surface area contributed by atoms with Gasteiger partial charge in [-0.05, 0) is 88.4 Å². The van der Waals surface area contributed by atoms with Crippen LogP contribution in [0.4, 0.5) is 4.79 Å². The maximum Gasteiger partial charge on any atom is 0.328 e. The standard InChI is InChI=1S/C36H59N5O9.C4H8.C2H6/c1-20(2)24-17-26(30(44)39-25(16-22-10-11-22)28(43)31(45)37-15-14-27(42)50-36(7,8)9)41(18-24)32(46)29(35(4,5)6)40-34(48)38-21(3)33(47)49-19-23-12-13-23;1-4-2-3-4;1-2/h20-26,29H,10-19H2,1-9H3,(H,37,45)(H,39,44)(H2,38,40,48);4H,2-3H2,1H3;1-2H3/t21?,24?,25?,26-,29?;;/m0../s1. The Morgan fingerprint density at radius 3 is 1.86 bits per heavy atom. The second-order valence-electron chi connectivity index (χ2n) is 18.3. The molecule has 14 nitrogen and oxygen atoms in total. The number of hydrogen-bond donors (Lipinski definition) is 4. The lowest BCUT2D eigenvalue weighted by Gasteiger charge is -2.36. The van der Waals surface area contributed by atoms with Crippen molar-refractivity contribution in [3.63, 3.8) is 0 Å². The van der Waals surface area contributed by atoms with Gasteiger partial charge < -0.3 is 35.6 Å². The molecule has 1 saturated heterocycles. The van der Waals surface area contributed by atoms with E-state index in [1.807, 2.05) is 27.7 Å². The number of carbonyl (C=O) groups is 7. The molecular weight excluding hydrogens is 718 g/mol. The number of hydrogen-bond acceptors (Lipinski definition) is 9. The van der Waals surface area contributed by atoms with Crippen LogP contribution in [0, 0.1) is 35.0 Å². The molecule has 4 fully saturated rings. The molecule has 56 heavy (non-hydrogen) atoms. The molecule has 320 valence electrons. The Morgan fingerprint density at radius 1 is 0.804 bits per heavy atom. The first-order valence-corrected chi connectivity index (χ1v) is 20.9. The topological polar surface area (TPSA) is 189 Å². The molecule has 0 aromatic rings. The van der Waals surface area contributed by atoms with Gasteiger partial charge in [-0.3, -0.25) is 24.0 Å². The van der Waals surface area contributed by atoms with Crippen molar-refractivity contribution in [1.29, 1.82) is 0 Å². The molecule has 1 heterocycles. The molecule has 3 saturated carbocycles. The first-order chi connectivity index (χ1) is 26.0. The van der Waals surface area contributed by atoms with Gasteiger partial charge in [0, 0.05) is 13.1 Å². The number of ketones is 1. The van der Waals surface area contributed by atoms with Crippen LogP contribution in [-0.4, -0.2) is 95.8 Å². The normalized spacial score (nSPS) is 20.8. The minimum atomic E-state index is -1.10. The summed E-state index contributed by atoms with van der Waals surface area (Å²) < 4.78 is 10.5. The van der Waals surface area contributed by atoms with Crippen molar-refractivity contribution >= 4 is 41.5 Å². The molecule has 0 spiro atoms. The number of rotatable bonds is 16. The van der Waals surface area contributed by atoms with E-state index in [1.165, 1.54) is 24.7 Å². The molecule has 1 aliphatic heterocycles. The van der Waals surface area contributed by atoms with Crippen LogP contribution < -0.4 is 21.3 Å². The van der Waals surface area contributed by atoms with Crippen LogP contribution in [0.5, 0.6) is 0 Å². The van der Waals surface area contributed by atoms with Gasteiger partial charge >= 0.3 is 18.0 Å². The Morgan fingerprint density at radius 2 is 1.38 bits per heavy atom. The van der Waals surface area contributed by atoms with Crippen LogP contribution >= 0.6 is 0 Å². The minimum absolute atomic E-state index is 0.0286. The molecule has 3 aliphatic carbocycles. The van der Waals surface area contributed by atoms with E-state index in [9.17, 15) is 33.6 Å². The minimum Gasteiger partial charge on any atom is -0.464 e. The predicted molar refractivity (Wildman–Crippen MR) is 214 cm³/mol. The summed E-state index contributed by atoms with van der Waals surface area (Å²) in [5.74, 6) is -2.07. The summed E-state index contributed by atoms with van der Waals surface area (Å²) in [6, 6.07) is -4.75. The smallest absolute Gasteiger partial charge is 0.328 e. The molecule has 14 heteroatoms. The van der Waals surface area contributed by atoms with Crippen molar-refractivity contribution in [3.05, 3.63) is 0 Å². The molecule has 4 N–H and O–H groups in total. The van der Waals surface area contributed by atoms with Crippen molar-refractivity contribution in [2.24, 2.45) is 35.0 Å². The summed E-state index contributed by atoms with van der Waals surface area (Å²) in [6.07, 6.45) is 7.27. The largest absolute Gasteiger partial charge is 0.464 e. The summed E-state index contributed by atoms with van der Waals surface area (Å²) in [7, 11) is 0. The van der Waals surface area contributed by atoms with Gasteiger partial charge in [0.2, 0.25) is 17.6 Å². The Bertz CT molecular complexity index is 1360. The molecule has 0 bridgehead atoms. The lowest BCUT2D eigenvalue weighted by molar-refractivity contribution is -0.155. The Labute approximate surface area is 335 Å². The zero-order valence-electron chi connectivity index (χ0n) is 36.3. The number of Topliss-reactive ketones (excluding diaryl/α,β-unsaturated/α-hetero) is 1. The fraction of sp³-hybridized carbons (Fsp3) is 0.833. The van der Waals surface area contributed by atoms with Crippen molar-refractivity contribution < 1.29 is 43.0 Å². The number of ether oxygens (including phenoxy) is 2. The fourth-order valence-corrected chi connectivity index (χ4v) is 5.96. The molecule has 5 atom stereocenters. The highest BCUT2D eigenvalue weighted by Crippen LogP contribution is 2.35. The van der Waals surface area contributed by atoms with Gasteiger partial charge in [-0.1, -0.05) is 81.1 Å². The van der Waals surface area contributed by atoms with Gasteiger partial charge in [-0.25, -0.2) is 9.59 Å². The lowest BCUT2D eigenvalue weighted by atomic mass is 9.85. The highest BCUT2D eigenvalue weighted by molar-refractivity contribution is 6.38. The second-order valence-corrected chi connectivity index (χ2v) is 18.3. The Kier molecular flexibility index (Phi) is 18.8. The quantitative estimate of drug-likeness (QED) is 0.122. The van der Waals surface area contributed by atoms with Gasteiger partial charge in [0.1, 0.15) is 23.7 Å². The molecule has 4 aliphatic rings. The average Bonchev–Trinajstić information content (AvgIpc) is 4.02. The third kappa shape index (κ3) is 17.6. The summed E-state index contributed by atoms with van der Waals surface area (Å²) in [5, 5.41) is 10.5. The van der Waals surface area contributed by atoms with Gasteiger partial charge in [-0.15, -0.1) is 0 Å². The van der Waals surface area contributed by atoms with Gasteiger partial charge in [0.25, 0.3) is 5.91 Å². The van der Waals surface area contributed by atoms with Crippen LogP contribution in [0.3, 0.4) is 0 Å². The van der Waals surface area contributed by atoms with Gasteiger partial charge in [0.15, 0.2) is 0 Å². The van der Waals surface area contributed by atoms with Crippen molar-refractivity contribution in [2.45, 2.75) is 171 Å². The number of esters is 2. The monoisotopic (exact) mass is 792 g/mol. The first-order valence-electron chi connectivity index (χ1n) is 20.9. The van der Waals surface area contributed by atoms with Crippen LogP contribution in [0.15, 0.2) is 0 Å². The number of likely N-dealkylation sites (tertiary alicyclic amines) is 1. The van der Waals surface area contributed by atoms with Crippen LogP contribution in [-0.2, 0) is 38.2 Å². The summed E-state index contributed by atoms with van der Waals surface area (Å²) in [5.41, 5.74) is -1.46. The average molecular weight is 792 g/mol. The maximum absolute atomic E-state index is 14.2. The second kappa shape index (κ2) is 21.7. The third-order valence-electron chi connectivity index (χ3n) is 10.1. The molecular formula is C42H73N5O9. The van der Waals surface area contributed by atoms with E-state index < -0.39 is 76.7 Å². The third-order valence-corrected chi connectivity index (χ3v) is 10.1. The fourth-order valence-electron chi connectivity index (χ4n) is 5.96. The van der Waals surface area contributed by atoms with Crippen LogP contribution in [0.2, 0.25) is 0 Å². The number of carbonyl (C=O) groups excluding carboxylic acids is 7. The van der Waals surface area contributed by atoms with Gasteiger partial charge in [-0.2, -0.15) is 0 Å². The number of nitrogens with one attached hydrogen (secondary N) is 4. The van der Waals surface area contributed by atoms with E-state index >= 15 is 0 Å². The van der Waals surface area contributed by atoms with E-state index in [-0.39, 0.29) is 43.7 Å². The van der Waals surface area contributed by atoms with Crippen molar-refractivity contribution in [3.8, 4) is 0 Å². The molecule has 4 unspecified atom stereocenters. The zero-order valence-corrected chi connectivity index (χ0v) is 36.3. The maximum atomic E-state index is 14.2. The predicted octanol–water partition coefficient (Wildman–Crippen LogP) is 5.06. The zero-order chi connectivity index (χ0) is 42.5. The van der Waals surface area contributed by atoms with E-state index in [4.69, 9.17) is 9.47 Å². The first kappa shape index (κ1) is 48.4. The van der Waals surface area contributed by atoms with Crippen LogP contribution in [0.1, 0.15) is 141 Å². The van der Waals surface area contributed by atoms with Gasteiger partial charge in [0.05, 0.1) is 19.1 Å². The number of amides is 5. The van der Waals surface area contributed by atoms with Crippen molar-refractivity contribution in [2.75, 3.05) is 19.7 Å². The molecule has 5 amide bonds. The Balaban J connectivity index is 0.00000166. The van der Waals surface area contributed by atoms with E-state index in [0.29, 0.717) is 18.9 Å². The number of nitrogens with zero attached hydrogens (tertiary/aromatic N) is 1. The van der Waals surface area contributed by atoms with Crippen LogP contribution in [0.25, 0.3) is 0 Å². The summed E-state index contributed by atoms with van der Waals surface area (Å²) in [6.45, 7) is 22.9. The highest BCUT2D eigenvalue weighted by atomic mass is 16.6. The van der Waals surface area contributed by atoms with E-state index in [1.54, 1.807) is 41.5 Å². The Hall–Kier alpha value is -3.71. The summed E-state index contributed by atoms with van der Waals surface area (Å²) in [4.78, 5) is 93.3. The molecule has 0 aromatic heterocycles. The molecule has 0 radical (unpaired) electrons. The summed E-state index contributed by atoms with van der Waals surface area (Å²) >= 11 is 0. The number of urea groups is 1.